The SMILES string of the molecule is CCC1=c2ccccc2=CN=C=C1. The lowest BCUT2D eigenvalue weighted by Crippen LogP contribution is -2.25. The van der Waals surface area contributed by atoms with Crippen LogP contribution in [0.3, 0.4) is 0 Å². The summed E-state index contributed by atoms with van der Waals surface area (Å²) in [5.41, 5.74) is 1.30. The van der Waals surface area contributed by atoms with E-state index in [0.717, 1.165) is 6.42 Å². The molecule has 2 rings (SSSR count). The van der Waals surface area contributed by atoms with Crippen LogP contribution in [-0.2, 0) is 0 Å². The first kappa shape index (κ1) is 8.03. The standard InChI is InChI=1S/C12H11N/c1-2-10-7-8-13-9-11-5-3-4-6-12(10)11/h3-7,9H,2H2,1H3. The maximum Gasteiger partial charge on any atom is 0.0446 e. The molecule has 0 saturated carbocycles. The molecule has 1 aliphatic rings. The number of hydrogen-bond donors (Lipinski definition) is 0. The zero-order valence-corrected chi connectivity index (χ0v) is 7.62. The number of hydrogen-bond acceptors (Lipinski definition) is 1. The van der Waals surface area contributed by atoms with E-state index >= 15 is 0 Å². The summed E-state index contributed by atoms with van der Waals surface area (Å²) in [5.74, 6) is 2.90. The summed E-state index contributed by atoms with van der Waals surface area (Å²) in [6.45, 7) is 2.15. The average Bonchev–Trinajstić information content (AvgIpc) is 2.39. The van der Waals surface area contributed by atoms with Gasteiger partial charge in [-0.25, -0.2) is 4.99 Å². The highest BCUT2D eigenvalue weighted by Crippen LogP contribution is 1.98. The molecule has 0 spiro atoms. The molecule has 0 saturated heterocycles. The largest absolute Gasteiger partial charge is 0.214 e. The minimum atomic E-state index is 1.02. The Hall–Kier alpha value is -1.59. The molecule has 1 aromatic carbocycles. The van der Waals surface area contributed by atoms with Crippen LogP contribution in [-0.4, -0.2) is 5.87 Å². The lowest BCUT2D eigenvalue weighted by molar-refractivity contribution is 1.24. The molecule has 1 aliphatic heterocycles. The molecule has 1 aromatic rings. The molecule has 0 bridgehead atoms. The molecule has 0 fully saturated rings. The first-order valence-electron chi connectivity index (χ1n) is 4.49. The van der Waals surface area contributed by atoms with Crippen molar-refractivity contribution in [1.29, 1.82) is 0 Å². The van der Waals surface area contributed by atoms with Crippen LogP contribution < -0.4 is 10.4 Å². The van der Waals surface area contributed by atoms with Crippen LogP contribution in [0.4, 0.5) is 0 Å². The molecule has 0 N–H and O–H groups in total. The van der Waals surface area contributed by atoms with Gasteiger partial charge < -0.3 is 0 Å². The van der Waals surface area contributed by atoms with Crippen molar-refractivity contribution >= 4 is 17.6 Å². The van der Waals surface area contributed by atoms with E-state index in [-0.39, 0.29) is 0 Å². The van der Waals surface area contributed by atoms with Crippen LogP contribution in [0.15, 0.2) is 35.3 Å². The zero-order chi connectivity index (χ0) is 9.10. The van der Waals surface area contributed by atoms with Crippen molar-refractivity contribution in [1.82, 2.24) is 0 Å². The first-order chi connectivity index (χ1) is 6.42. The summed E-state index contributed by atoms with van der Waals surface area (Å²) >= 11 is 0. The number of fused-ring (bicyclic) bond motifs is 1. The van der Waals surface area contributed by atoms with Gasteiger partial charge in [-0.15, -0.1) is 0 Å². The smallest absolute Gasteiger partial charge is 0.0446 e. The predicted octanol–water partition coefficient (Wildman–Crippen LogP) is 1.22. The van der Waals surface area contributed by atoms with Crippen LogP contribution >= 0.6 is 0 Å². The number of benzene rings is 1. The third-order valence-corrected chi connectivity index (χ3v) is 2.20. The lowest BCUT2D eigenvalue weighted by Gasteiger charge is -1.94. The highest BCUT2D eigenvalue weighted by molar-refractivity contribution is 5.74. The van der Waals surface area contributed by atoms with Crippen molar-refractivity contribution in [2.24, 2.45) is 4.99 Å². The van der Waals surface area contributed by atoms with Gasteiger partial charge in [0.15, 0.2) is 0 Å². The average molecular weight is 169 g/mol. The van der Waals surface area contributed by atoms with Gasteiger partial charge in [-0.3, -0.25) is 0 Å². The highest BCUT2D eigenvalue weighted by atomic mass is 14.6. The van der Waals surface area contributed by atoms with Gasteiger partial charge in [0, 0.05) is 17.5 Å². The second kappa shape index (κ2) is 3.42. The van der Waals surface area contributed by atoms with Crippen molar-refractivity contribution in [2.75, 3.05) is 0 Å². The Morgan fingerprint density at radius 3 is 3.00 bits per heavy atom. The maximum absolute atomic E-state index is 4.06. The third kappa shape index (κ3) is 1.47. The molecule has 0 unspecified atom stereocenters. The molecule has 1 nitrogen and oxygen atoms in total. The van der Waals surface area contributed by atoms with E-state index < -0.39 is 0 Å². The first-order valence-corrected chi connectivity index (χ1v) is 4.49. The summed E-state index contributed by atoms with van der Waals surface area (Å²) in [6, 6.07) is 8.30. The molecule has 0 radical (unpaired) electrons. The van der Waals surface area contributed by atoms with Gasteiger partial charge in [0.1, 0.15) is 0 Å². The van der Waals surface area contributed by atoms with Crippen LogP contribution in [0.1, 0.15) is 13.3 Å². The summed E-state index contributed by atoms with van der Waals surface area (Å²) in [4.78, 5) is 4.06. The van der Waals surface area contributed by atoms with Crippen LogP contribution in [0, 0.1) is 0 Å². The van der Waals surface area contributed by atoms with E-state index in [2.05, 4.69) is 36.0 Å². The summed E-state index contributed by atoms with van der Waals surface area (Å²) in [5, 5.41) is 2.46. The van der Waals surface area contributed by atoms with E-state index in [1.165, 1.54) is 16.0 Å². The van der Waals surface area contributed by atoms with E-state index in [1.54, 1.807) is 0 Å². The molecule has 0 amide bonds. The maximum atomic E-state index is 4.06. The van der Waals surface area contributed by atoms with Gasteiger partial charge in [0.2, 0.25) is 0 Å². The van der Waals surface area contributed by atoms with Gasteiger partial charge in [-0.2, -0.15) is 0 Å². The second-order valence-corrected chi connectivity index (χ2v) is 3.00. The van der Waals surface area contributed by atoms with Crippen LogP contribution in [0.2, 0.25) is 0 Å². The van der Waals surface area contributed by atoms with Gasteiger partial charge in [0.05, 0.1) is 0 Å². The van der Waals surface area contributed by atoms with E-state index in [0.29, 0.717) is 0 Å². The third-order valence-electron chi connectivity index (χ3n) is 2.20. The molecule has 0 atom stereocenters. The predicted molar refractivity (Wildman–Crippen MR) is 55.9 cm³/mol. The molecule has 0 aromatic heterocycles. The Labute approximate surface area is 77.4 Å². The summed E-state index contributed by atoms with van der Waals surface area (Å²) in [6.07, 6.45) is 4.84. The normalized spacial score (nSPS) is 13.5. The van der Waals surface area contributed by atoms with Crippen molar-refractivity contribution in [3.05, 3.63) is 40.8 Å². The molecule has 13 heavy (non-hydrogen) atoms. The zero-order valence-electron chi connectivity index (χ0n) is 7.62. The van der Waals surface area contributed by atoms with Crippen LogP contribution in [0.5, 0.6) is 0 Å². The monoisotopic (exact) mass is 169 g/mol. The van der Waals surface area contributed by atoms with Crippen LogP contribution in [0.25, 0.3) is 11.8 Å². The minimum Gasteiger partial charge on any atom is -0.214 e. The number of nitrogens with zero attached hydrogens (tertiary/aromatic N) is 1. The summed E-state index contributed by atoms with van der Waals surface area (Å²) in [7, 11) is 0. The second-order valence-electron chi connectivity index (χ2n) is 3.00. The van der Waals surface area contributed by atoms with Crippen molar-refractivity contribution in [2.45, 2.75) is 13.3 Å². The van der Waals surface area contributed by atoms with Gasteiger partial charge in [-0.1, -0.05) is 31.2 Å². The molecule has 64 valence electrons. The summed E-state index contributed by atoms with van der Waals surface area (Å²) < 4.78 is 0. The quantitative estimate of drug-likeness (QED) is 0.599. The van der Waals surface area contributed by atoms with E-state index in [1.807, 2.05) is 18.3 Å². The van der Waals surface area contributed by atoms with E-state index in [4.69, 9.17) is 0 Å². The van der Waals surface area contributed by atoms with Crippen molar-refractivity contribution < 1.29 is 0 Å². The molecule has 1 heteroatoms. The van der Waals surface area contributed by atoms with E-state index in [9.17, 15) is 0 Å². The highest BCUT2D eigenvalue weighted by Gasteiger charge is 1.93. The molecule has 1 heterocycles. The molecular weight excluding hydrogens is 158 g/mol. The molecular formula is C12H11N. The Morgan fingerprint density at radius 1 is 1.31 bits per heavy atom. The van der Waals surface area contributed by atoms with Gasteiger partial charge in [-0.05, 0) is 23.1 Å². The Bertz CT molecular complexity index is 488. The van der Waals surface area contributed by atoms with Crippen molar-refractivity contribution in [3.8, 4) is 0 Å². The lowest BCUT2D eigenvalue weighted by atomic mass is 10.1. The fourth-order valence-electron chi connectivity index (χ4n) is 1.49. The van der Waals surface area contributed by atoms with Crippen molar-refractivity contribution in [3.63, 3.8) is 0 Å². The number of rotatable bonds is 1. The van der Waals surface area contributed by atoms with Gasteiger partial charge in [0.25, 0.3) is 0 Å². The fourth-order valence-corrected chi connectivity index (χ4v) is 1.49. The Morgan fingerprint density at radius 2 is 2.15 bits per heavy atom. The number of aliphatic imine (C=N–C) groups is 1. The number of allylic oxidation sites excluding steroid dienone is 1. The minimum absolute atomic E-state index is 1.02. The Balaban J connectivity index is 2.90. The fraction of sp³-hybridized carbons (Fsp3) is 0.167. The Kier molecular flexibility index (Phi) is 2.11. The topological polar surface area (TPSA) is 12.4 Å². The molecule has 0 aliphatic carbocycles. The van der Waals surface area contributed by atoms with Gasteiger partial charge >= 0.3 is 0 Å².